The summed E-state index contributed by atoms with van der Waals surface area (Å²) in [6, 6.07) is 13.2. The average Bonchev–Trinajstić information content (AvgIpc) is 2.66. The molecule has 0 fully saturated rings. The van der Waals surface area contributed by atoms with Gasteiger partial charge in [0.1, 0.15) is 0 Å². The van der Waals surface area contributed by atoms with Gasteiger partial charge in [-0.1, -0.05) is 73.2 Å². The summed E-state index contributed by atoms with van der Waals surface area (Å²) < 4.78 is 58.5. The van der Waals surface area contributed by atoms with Gasteiger partial charge in [-0.05, 0) is 42.7 Å². The van der Waals surface area contributed by atoms with Crippen LogP contribution in [0.25, 0.3) is 5.57 Å². The highest BCUT2D eigenvalue weighted by Gasteiger charge is 2.62. The summed E-state index contributed by atoms with van der Waals surface area (Å²) in [6.45, 7) is 3.90. The maximum Gasteiger partial charge on any atom is 0.347 e. The van der Waals surface area contributed by atoms with E-state index in [1.54, 1.807) is 36.4 Å². The number of allylic oxidation sites excluding steroid dienone is 4. The Kier molecular flexibility index (Phi) is 5.47. The number of rotatable bonds is 3. The highest BCUT2D eigenvalue weighted by Crippen LogP contribution is 2.50. The lowest BCUT2D eigenvalue weighted by Gasteiger charge is -2.31. The zero-order chi connectivity index (χ0) is 20.4. The Morgan fingerprint density at radius 2 is 1.43 bits per heavy atom. The first-order chi connectivity index (χ1) is 13.3. The SMILES string of the molecule is CCCc1ccc(C2=CC=C(C#Cc3ccc(C)cc3)C(F)(F)C2(F)F)cc1. The van der Waals surface area contributed by atoms with Crippen LogP contribution in [0.1, 0.15) is 35.6 Å². The van der Waals surface area contributed by atoms with E-state index in [1.807, 2.05) is 13.8 Å². The second-order valence-corrected chi connectivity index (χ2v) is 6.87. The molecule has 2 aromatic rings. The van der Waals surface area contributed by atoms with Crippen LogP contribution in [0.5, 0.6) is 0 Å². The van der Waals surface area contributed by atoms with Gasteiger partial charge in [0.25, 0.3) is 0 Å². The number of alkyl halides is 4. The molecule has 0 saturated heterocycles. The van der Waals surface area contributed by atoms with Crippen LogP contribution in [0, 0.1) is 18.8 Å². The highest BCUT2D eigenvalue weighted by molar-refractivity contribution is 5.77. The Balaban J connectivity index is 1.97. The molecule has 0 aliphatic heterocycles. The predicted octanol–water partition coefficient (Wildman–Crippen LogP) is 6.59. The summed E-state index contributed by atoms with van der Waals surface area (Å²) in [6.07, 6.45) is 3.77. The van der Waals surface area contributed by atoms with Crippen molar-refractivity contribution in [3.05, 3.63) is 88.5 Å². The molecular formula is C24H20F4. The van der Waals surface area contributed by atoms with E-state index < -0.39 is 23.0 Å². The first-order valence-electron chi connectivity index (χ1n) is 9.12. The van der Waals surface area contributed by atoms with Gasteiger partial charge >= 0.3 is 11.8 Å². The van der Waals surface area contributed by atoms with Crippen LogP contribution in [0.4, 0.5) is 17.6 Å². The number of hydrogen-bond donors (Lipinski definition) is 0. The fraction of sp³-hybridized carbons (Fsp3) is 0.250. The first kappa shape index (κ1) is 19.9. The van der Waals surface area contributed by atoms with Crippen LogP contribution in [-0.4, -0.2) is 11.8 Å². The van der Waals surface area contributed by atoms with Crippen molar-refractivity contribution in [1.82, 2.24) is 0 Å². The van der Waals surface area contributed by atoms with Crippen LogP contribution in [0.3, 0.4) is 0 Å². The van der Waals surface area contributed by atoms with Gasteiger partial charge in [-0.2, -0.15) is 17.6 Å². The van der Waals surface area contributed by atoms with E-state index in [2.05, 4.69) is 11.8 Å². The van der Waals surface area contributed by atoms with Crippen molar-refractivity contribution in [1.29, 1.82) is 0 Å². The van der Waals surface area contributed by atoms with Gasteiger partial charge in [-0.3, -0.25) is 0 Å². The fourth-order valence-electron chi connectivity index (χ4n) is 3.03. The topological polar surface area (TPSA) is 0 Å². The van der Waals surface area contributed by atoms with Crippen LogP contribution in [0.2, 0.25) is 0 Å². The summed E-state index contributed by atoms with van der Waals surface area (Å²) >= 11 is 0. The molecule has 1 aliphatic rings. The molecule has 0 saturated carbocycles. The normalized spacial score (nSPS) is 17.2. The van der Waals surface area contributed by atoms with E-state index in [9.17, 15) is 17.6 Å². The fourth-order valence-corrected chi connectivity index (χ4v) is 3.03. The highest BCUT2D eigenvalue weighted by atomic mass is 19.3. The zero-order valence-electron chi connectivity index (χ0n) is 15.7. The van der Waals surface area contributed by atoms with Gasteiger partial charge in [0.15, 0.2) is 0 Å². The Morgan fingerprint density at radius 1 is 0.786 bits per heavy atom. The van der Waals surface area contributed by atoms with E-state index in [0.717, 1.165) is 36.1 Å². The standard InChI is InChI=1S/C24H20F4/c1-3-4-18-9-12-20(13-10-18)22-16-15-21(23(25,26)24(22,27)28)14-11-19-7-5-17(2)6-8-19/h5-10,12-13,15-16H,3-4H2,1-2H3. The summed E-state index contributed by atoms with van der Waals surface area (Å²) in [4.78, 5) is 0. The number of aryl methyl sites for hydroxylation is 2. The molecule has 144 valence electrons. The number of hydrogen-bond acceptors (Lipinski definition) is 0. The number of benzene rings is 2. The maximum atomic E-state index is 14.7. The minimum atomic E-state index is -4.38. The van der Waals surface area contributed by atoms with E-state index >= 15 is 0 Å². The van der Waals surface area contributed by atoms with Crippen molar-refractivity contribution in [2.75, 3.05) is 0 Å². The Labute approximate surface area is 162 Å². The third-order valence-corrected chi connectivity index (χ3v) is 4.68. The molecule has 3 rings (SSSR count). The lowest BCUT2D eigenvalue weighted by molar-refractivity contribution is -0.145. The van der Waals surface area contributed by atoms with Crippen LogP contribution in [0.15, 0.2) is 66.3 Å². The smallest absolute Gasteiger partial charge is 0.194 e. The van der Waals surface area contributed by atoms with E-state index in [4.69, 9.17) is 0 Å². The Morgan fingerprint density at radius 3 is 2.04 bits per heavy atom. The van der Waals surface area contributed by atoms with Crippen LogP contribution < -0.4 is 0 Å². The molecule has 0 spiro atoms. The van der Waals surface area contributed by atoms with Crippen molar-refractivity contribution in [3.63, 3.8) is 0 Å². The molecule has 0 N–H and O–H groups in total. The molecule has 4 heteroatoms. The minimum absolute atomic E-state index is 0.0892. The molecule has 0 unspecified atom stereocenters. The van der Waals surface area contributed by atoms with Crippen molar-refractivity contribution >= 4 is 5.57 Å². The van der Waals surface area contributed by atoms with Crippen molar-refractivity contribution in [2.24, 2.45) is 0 Å². The van der Waals surface area contributed by atoms with Gasteiger partial charge < -0.3 is 0 Å². The molecule has 2 aromatic carbocycles. The third kappa shape index (κ3) is 3.75. The van der Waals surface area contributed by atoms with Gasteiger partial charge in [-0.15, -0.1) is 0 Å². The molecule has 0 aromatic heterocycles. The Bertz CT molecular complexity index is 966. The minimum Gasteiger partial charge on any atom is -0.194 e. The molecule has 0 amide bonds. The van der Waals surface area contributed by atoms with Crippen molar-refractivity contribution in [3.8, 4) is 11.8 Å². The lowest BCUT2D eigenvalue weighted by Crippen LogP contribution is -2.44. The largest absolute Gasteiger partial charge is 0.347 e. The van der Waals surface area contributed by atoms with Gasteiger partial charge in [0.05, 0.1) is 5.57 Å². The van der Waals surface area contributed by atoms with Crippen molar-refractivity contribution < 1.29 is 17.6 Å². The van der Waals surface area contributed by atoms with Crippen LogP contribution >= 0.6 is 0 Å². The molecule has 0 heterocycles. The second-order valence-electron chi connectivity index (χ2n) is 6.87. The zero-order valence-corrected chi connectivity index (χ0v) is 15.7. The lowest BCUT2D eigenvalue weighted by atomic mass is 9.86. The Hall–Kier alpha value is -2.80. The monoisotopic (exact) mass is 384 g/mol. The molecule has 28 heavy (non-hydrogen) atoms. The van der Waals surface area contributed by atoms with Gasteiger partial charge in [-0.25, -0.2) is 0 Å². The molecule has 0 bridgehead atoms. The van der Waals surface area contributed by atoms with E-state index in [0.29, 0.717) is 5.56 Å². The summed E-state index contributed by atoms with van der Waals surface area (Å²) in [7, 11) is 0. The molecule has 0 radical (unpaired) electrons. The number of halogens is 4. The van der Waals surface area contributed by atoms with Crippen molar-refractivity contribution in [2.45, 2.75) is 38.5 Å². The van der Waals surface area contributed by atoms with E-state index in [1.165, 1.54) is 12.1 Å². The predicted molar refractivity (Wildman–Crippen MR) is 104 cm³/mol. The van der Waals surface area contributed by atoms with Crippen LogP contribution in [-0.2, 0) is 6.42 Å². The van der Waals surface area contributed by atoms with Gasteiger partial charge in [0, 0.05) is 11.1 Å². The summed E-state index contributed by atoms with van der Waals surface area (Å²) in [5.41, 5.74) is 0.985. The van der Waals surface area contributed by atoms with E-state index in [-0.39, 0.29) is 5.56 Å². The first-order valence-corrected chi connectivity index (χ1v) is 9.12. The maximum absolute atomic E-state index is 14.7. The van der Waals surface area contributed by atoms with Gasteiger partial charge in [0.2, 0.25) is 0 Å². The molecular weight excluding hydrogens is 364 g/mol. The second kappa shape index (κ2) is 7.67. The summed E-state index contributed by atoms with van der Waals surface area (Å²) in [5, 5.41) is 0. The summed E-state index contributed by atoms with van der Waals surface area (Å²) in [5.74, 6) is -3.93. The molecule has 0 atom stereocenters. The quantitative estimate of drug-likeness (QED) is 0.413. The molecule has 0 nitrogen and oxygen atoms in total. The average molecular weight is 384 g/mol. The third-order valence-electron chi connectivity index (χ3n) is 4.68. The molecule has 1 aliphatic carbocycles.